The maximum absolute atomic E-state index is 10.8. The molecule has 1 aliphatic carbocycles. The average Bonchev–Trinajstić information content (AvgIpc) is 2.59. The molecule has 2 N–H and O–H groups in total. The SMILES string of the molecule is CCOc1nc2c([nH]1)CC(C(=O)O)CC2. The molecule has 5 nitrogen and oxygen atoms in total. The highest BCUT2D eigenvalue weighted by atomic mass is 16.5. The first-order chi connectivity index (χ1) is 7.20. The molecular weight excluding hydrogens is 196 g/mol. The van der Waals surface area contributed by atoms with Crippen LogP contribution in [0.3, 0.4) is 0 Å². The quantitative estimate of drug-likeness (QED) is 0.780. The highest BCUT2D eigenvalue weighted by Gasteiger charge is 2.26. The smallest absolute Gasteiger partial charge is 0.306 e. The van der Waals surface area contributed by atoms with Crippen molar-refractivity contribution in [1.29, 1.82) is 0 Å². The van der Waals surface area contributed by atoms with E-state index in [1.54, 1.807) is 0 Å². The van der Waals surface area contributed by atoms with Gasteiger partial charge in [0.05, 0.1) is 18.2 Å². The van der Waals surface area contributed by atoms with Gasteiger partial charge in [-0.3, -0.25) is 4.79 Å². The van der Waals surface area contributed by atoms with Gasteiger partial charge >= 0.3 is 5.97 Å². The standard InChI is InChI=1S/C10H14N2O3/c1-2-15-10-11-7-4-3-6(9(13)14)5-8(7)12-10/h6H,2-5H2,1H3,(H,11,12)(H,13,14). The number of aromatic amines is 1. The van der Waals surface area contributed by atoms with E-state index in [-0.39, 0.29) is 5.92 Å². The normalized spacial score (nSPS) is 19.7. The largest absolute Gasteiger partial charge is 0.481 e. The molecule has 82 valence electrons. The molecule has 0 saturated heterocycles. The van der Waals surface area contributed by atoms with Gasteiger partial charge in [0.25, 0.3) is 6.01 Å². The zero-order valence-electron chi connectivity index (χ0n) is 8.62. The van der Waals surface area contributed by atoms with Crippen molar-refractivity contribution in [2.45, 2.75) is 26.2 Å². The first kappa shape index (κ1) is 10.0. The van der Waals surface area contributed by atoms with Gasteiger partial charge in [-0.25, -0.2) is 4.98 Å². The third-order valence-corrected chi connectivity index (χ3v) is 2.65. The van der Waals surface area contributed by atoms with Crippen LogP contribution < -0.4 is 4.74 Å². The van der Waals surface area contributed by atoms with Gasteiger partial charge < -0.3 is 14.8 Å². The molecule has 0 aromatic carbocycles. The first-order valence-electron chi connectivity index (χ1n) is 5.14. The highest BCUT2D eigenvalue weighted by molar-refractivity contribution is 5.70. The van der Waals surface area contributed by atoms with Crippen LogP contribution in [0, 0.1) is 5.92 Å². The summed E-state index contributed by atoms with van der Waals surface area (Å²) in [7, 11) is 0. The van der Waals surface area contributed by atoms with Gasteiger partial charge in [-0.15, -0.1) is 0 Å². The molecule has 1 heterocycles. The number of H-pyrrole nitrogens is 1. The Morgan fingerprint density at radius 2 is 2.53 bits per heavy atom. The molecule has 1 aromatic heterocycles. The van der Waals surface area contributed by atoms with Crippen LogP contribution in [0.4, 0.5) is 0 Å². The second-order valence-electron chi connectivity index (χ2n) is 3.68. The van der Waals surface area contributed by atoms with E-state index < -0.39 is 5.97 Å². The lowest BCUT2D eigenvalue weighted by Crippen LogP contribution is -2.22. The maximum Gasteiger partial charge on any atom is 0.306 e. The molecule has 0 aliphatic heterocycles. The molecule has 5 heteroatoms. The van der Waals surface area contributed by atoms with Crippen molar-refractivity contribution < 1.29 is 14.6 Å². The molecule has 0 bridgehead atoms. The molecule has 0 saturated carbocycles. The third kappa shape index (κ3) is 1.95. The van der Waals surface area contributed by atoms with Crippen molar-refractivity contribution in [3.8, 4) is 6.01 Å². The van der Waals surface area contributed by atoms with Crippen LogP contribution in [0.5, 0.6) is 6.01 Å². The number of hydrogen-bond donors (Lipinski definition) is 2. The van der Waals surface area contributed by atoms with Crippen LogP contribution in [0.2, 0.25) is 0 Å². The summed E-state index contributed by atoms with van der Waals surface area (Å²) in [6, 6.07) is 0.508. The lowest BCUT2D eigenvalue weighted by molar-refractivity contribution is -0.142. The number of ether oxygens (including phenoxy) is 1. The van der Waals surface area contributed by atoms with Crippen LogP contribution >= 0.6 is 0 Å². The van der Waals surface area contributed by atoms with Crippen molar-refractivity contribution in [1.82, 2.24) is 9.97 Å². The number of nitrogens with one attached hydrogen (secondary N) is 1. The maximum atomic E-state index is 10.8. The fraction of sp³-hybridized carbons (Fsp3) is 0.600. The van der Waals surface area contributed by atoms with Crippen molar-refractivity contribution in [3.63, 3.8) is 0 Å². The Kier molecular flexibility index (Phi) is 2.62. The number of aromatic nitrogens is 2. The molecule has 15 heavy (non-hydrogen) atoms. The predicted molar refractivity (Wildman–Crippen MR) is 52.9 cm³/mol. The van der Waals surface area contributed by atoms with Crippen LogP contribution in [-0.2, 0) is 17.6 Å². The molecular formula is C10H14N2O3. The van der Waals surface area contributed by atoms with Gasteiger partial charge in [-0.2, -0.15) is 0 Å². The number of aliphatic carboxylic acids is 1. The number of carbonyl (C=O) groups is 1. The Bertz CT molecular complexity index is 373. The van der Waals surface area contributed by atoms with E-state index in [0.29, 0.717) is 25.5 Å². The zero-order valence-corrected chi connectivity index (χ0v) is 8.62. The fourth-order valence-electron chi connectivity index (χ4n) is 1.87. The first-order valence-corrected chi connectivity index (χ1v) is 5.14. The monoisotopic (exact) mass is 210 g/mol. The van der Waals surface area contributed by atoms with Gasteiger partial charge in [0, 0.05) is 12.1 Å². The Morgan fingerprint density at radius 3 is 3.20 bits per heavy atom. The molecule has 1 aliphatic rings. The zero-order chi connectivity index (χ0) is 10.8. The van der Waals surface area contributed by atoms with Crippen LogP contribution in [0.1, 0.15) is 24.7 Å². The number of carboxylic acids is 1. The lowest BCUT2D eigenvalue weighted by atomic mass is 9.90. The van der Waals surface area contributed by atoms with Gasteiger partial charge in [-0.05, 0) is 19.8 Å². The van der Waals surface area contributed by atoms with Crippen molar-refractivity contribution >= 4 is 5.97 Å². The number of hydrogen-bond acceptors (Lipinski definition) is 3. The molecule has 2 rings (SSSR count). The topological polar surface area (TPSA) is 75.2 Å². The minimum atomic E-state index is -0.729. The number of carboxylic acid groups (broad SMARTS) is 1. The third-order valence-electron chi connectivity index (χ3n) is 2.65. The minimum absolute atomic E-state index is 0.285. The molecule has 1 aromatic rings. The highest BCUT2D eigenvalue weighted by Crippen LogP contribution is 2.25. The summed E-state index contributed by atoms with van der Waals surface area (Å²) in [6.45, 7) is 2.45. The Labute approximate surface area is 87.5 Å². The fourth-order valence-corrected chi connectivity index (χ4v) is 1.87. The molecule has 0 radical (unpaired) electrons. The lowest BCUT2D eigenvalue weighted by Gasteiger charge is -2.16. The summed E-state index contributed by atoms with van der Waals surface area (Å²) in [6.07, 6.45) is 1.92. The van der Waals surface area contributed by atoms with E-state index >= 15 is 0 Å². The summed E-state index contributed by atoms with van der Waals surface area (Å²) in [5.41, 5.74) is 1.87. The van der Waals surface area contributed by atoms with Gasteiger partial charge in [0.1, 0.15) is 0 Å². The molecule has 0 fully saturated rings. The van der Waals surface area contributed by atoms with Crippen molar-refractivity contribution in [2.75, 3.05) is 6.61 Å². The number of imidazole rings is 1. The molecule has 0 amide bonds. The van der Waals surface area contributed by atoms with Crippen molar-refractivity contribution in [3.05, 3.63) is 11.4 Å². The van der Waals surface area contributed by atoms with Gasteiger partial charge in [-0.1, -0.05) is 0 Å². The second-order valence-corrected chi connectivity index (χ2v) is 3.68. The number of fused-ring (bicyclic) bond motifs is 1. The predicted octanol–water partition coefficient (Wildman–Crippen LogP) is 0.998. The number of aryl methyl sites for hydroxylation is 1. The van der Waals surface area contributed by atoms with Crippen LogP contribution in [-0.4, -0.2) is 27.7 Å². The average molecular weight is 210 g/mol. The summed E-state index contributed by atoms with van der Waals surface area (Å²) in [5, 5.41) is 8.91. The number of rotatable bonds is 3. The minimum Gasteiger partial charge on any atom is -0.481 e. The summed E-state index contributed by atoms with van der Waals surface area (Å²) in [5.74, 6) is -1.01. The van der Waals surface area contributed by atoms with E-state index in [9.17, 15) is 4.79 Å². The van der Waals surface area contributed by atoms with Gasteiger partial charge in [0.15, 0.2) is 0 Å². The van der Waals surface area contributed by atoms with Crippen LogP contribution in [0.25, 0.3) is 0 Å². The van der Waals surface area contributed by atoms with E-state index in [2.05, 4.69) is 9.97 Å². The summed E-state index contributed by atoms with van der Waals surface area (Å²) < 4.78 is 5.24. The van der Waals surface area contributed by atoms with E-state index in [0.717, 1.165) is 17.8 Å². The second kappa shape index (κ2) is 3.92. The van der Waals surface area contributed by atoms with E-state index in [1.807, 2.05) is 6.92 Å². The van der Waals surface area contributed by atoms with Crippen LogP contribution in [0.15, 0.2) is 0 Å². The Hall–Kier alpha value is -1.52. The molecule has 1 unspecified atom stereocenters. The van der Waals surface area contributed by atoms with E-state index in [1.165, 1.54) is 0 Å². The Balaban J connectivity index is 2.15. The summed E-state index contributed by atoms with van der Waals surface area (Å²) in [4.78, 5) is 18.1. The number of nitrogens with zero attached hydrogens (tertiary/aromatic N) is 1. The Morgan fingerprint density at radius 1 is 1.73 bits per heavy atom. The van der Waals surface area contributed by atoms with E-state index in [4.69, 9.17) is 9.84 Å². The van der Waals surface area contributed by atoms with Gasteiger partial charge in [0.2, 0.25) is 0 Å². The summed E-state index contributed by atoms with van der Waals surface area (Å²) >= 11 is 0. The molecule has 0 spiro atoms. The van der Waals surface area contributed by atoms with Crippen molar-refractivity contribution in [2.24, 2.45) is 5.92 Å². The molecule has 1 atom stereocenters.